The lowest BCUT2D eigenvalue weighted by Crippen LogP contribution is -2.28. The number of rotatable bonds is 5. The second kappa shape index (κ2) is 6.20. The van der Waals surface area contributed by atoms with Crippen molar-refractivity contribution in [2.45, 2.75) is 57.9 Å². The number of aryl methyl sites for hydroxylation is 2. The monoisotopic (exact) mass is 300 g/mol. The summed E-state index contributed by atoms with van der Waals surface area (Å²) in [5.41, 5.74) is 3.35. The quantitative estimate of drug-likeness (QED) is 0.668. The van der Waals surface area contributed by atoms with Gasteiger partial charge >= 0.3 is 0 Å². The first-order valence-electron chi connectivity index (χ1n) is 6.84. The number of hydrogen-bond acceptors (Lipinski definition) is 2. The van der Waals surface area contributed by atoms with Crippen LogP contribution in [0.2, 0.25) is 5.54 Å². The van der Waals surface area contributed by atoms with Crippen molar-refractivity contribution in [3.63, 3.8) is 0 Å². The van der Waals surface area contributed by atoms with Gasteiger partial charge in [-0.1, -0.05) is 50.1 Å². The molecule has 5 heteroatoms. The molecule has 0 saturated carbocycles. The molecule has 0 unspecified atom stereocenters. The maximum absolute atomic E-state index is 11.7. The van der Waals surface area contributed by atoms with E-state index >= 15 is 0 Å². The van der Waals surface area contributed by atoms with Crippen LogP contribution < -0.4 is 5.19 Å². The third kappa shape index (κ3) is 3.67. The molecule has 0 aromatic heterocycles. The molecule has 0 amide bonds. The molecular weight excluding hydrogens is 276 g/mol. The zero-order chi connectivity index (χ0) is 14.8. The molecule has 3 nitrogen and oxygen atoms in total. The lowest BCUT2D eigenvalue weighted by molar-refractivity contribution is 0.481. The topological polar surface area (TPSA) is 54.4 Å². The van der Waals surface area contributed by atoms with Crippen molar-refractivity contribution >= 4 is 24.8 Å². The van der Waals surface area contributed by atoms with E-state index in [0.717, 1.165) is 11.1 Å². The molecule has 1 aromatic rings. The van der Waals surface area contributed by atoms with Crippen LogP contribution in [0.3, 0.4) is 0 Å². The van der Waals surface area contributed by atoms with Crippen molar-refractivity contribution in [3.8, 4) is 0 Å². The van der Waals surface area contributed by atoms with Crippen LogP contribution in [-0.2, 0) is 23.0 Å². The molecular formula is C14H24O3SSi. The van der Waals surface area contributed by atoms with Gasteiger partial charge in [0.1, 0.15) is 4.90 Å². The van der Waals surface area contributed by atoms with Crippen LogP contribution >= 0.6 is 0 Å². The first-order chi connectivity index (χ1) is 8.72. The van der Waals surface area contributed by atoms with Gasteiger partial charge in [-0.25, -0.2) is 0 Å². The van der Waals surface area contributed by atoms with Crippen LogP contribution in [0.25, 0.3) is 0 Å². The van der Waals surface area contributed by atoms with Gasteiger partial charge in [-0.2, -0.15) is 8.42 Å². The summed E-state index contributed by atoms with van der Waals surface area (Å²) in [7, 11) is -4.67. The second-order valence-corrected chi connectivity index (χ2v) is 9.53. The smallest absolute Gasteiger partial charge is 0.282 e. The summed E-state index contributed by atoms with van der Waals surface area (Å²) in [6.45, 7) is 10.3. The van der Waals surface area contributed by atoms with Gasteiger partial charge in [0, 0.05) is 0 Å². The number of benzene rings is 1. The Kier molecular flexibility index (Phi) is 5.35. The highest BCUT2D eigenvalue weighted by Gasteiger charge is 2.23. The van der Waals surface area contributed by atoms with E-state index in [4.69, 9.17) is 0 Å². The van der Waals surface area contributed by atoms with Crippen LogP contribution in [0.5, 0.6) is 0 Å². The molecule has 1 rings (SSSR count). The first-order valence-corrected chi connectivity index (χ1v) is 9.80. The largest absolute Gasteiger partial charge is 0.295 e. The Balaban J connectivity index is 3.68. The Morgan fingerprint density at radius 2 is 1.84 bits per heavy atom. The van der Waals surface area contributed by atoms with Gasteiger partial charge in [0.05, 0.1) is 9.52 Å². The number of hydrogen-bond donors (Lipinski definition) is 1. The van der Waals surface area contributed by atoms with Crippen molar-refractivity contribution in [1.29, 1.82) is 0 Å². The summed E-state index contributed by atoms with van der Waals surface area (Å²) in [4.78, 5) is 0.172. The molecule has 0 radical (unpaired) electrons. The van der Waals surface area contributed by atoms with Crippen molar-refractivity contribution in [2.75, 3.05) is 0 Å². The van der Waals surface area contributed by atoms with Crippen LogP contribution in [0.4, 0.5) is 0 Å². The highest BCUT2D eigenvalue weighted by molar-refractivity contribution is 7.86. The summed E-state index contributed by atoms with van der Waals surface area (Å²) in [6, 6.07) is 1.94. The standard InChI is InChI=1S/C14H24O3SSi/c1-6-11-8-10(5)14(19-9(3)4)12(7-2)13(11)18(15,16)17/h8-9H,6-7,19H2,1-5H3,(H,15,16,17). The summed E-state index contributed by atoms with van der Waals surface area (Å²) in [6.07, 6.45) is 1.27. The average molecular weight is 300 g/mol. The van der Waals surface area contributed by atoms with Crippen molar-refractivity contribution in [1.82, 2.24) is 0 Å². The van der Waals surface area contributed by atoms with E-state index in [1.54, 1.807) is 0 Å². The molecule has 0 aliphatic rings. The molecule has 0 fully saturated rings. The SMILES string of the molecule is CCc1cc(C)c([SiH2]C(C)C)c(CC)c1S(=O)(=O)O. The highest BCUT2D eigenvalue weighted by atomic mass is 32.2. The van der Waals surface area contributed by atoms with E-state index in [1.165, 1.54) is 10.8 Å². The maximum Gasteiger partial charge on any atom is 0.295 e. The van der Waals surface area contributed by atoms with E-state index < -0.39 is 19.6 Å². The van der Waals surface area contributed by atoms with Crippen LogP contribution in [0.1, 0.15) is 44.4 Å². The normalized spacial score (nSPS) is 12.8. The summed E-state index contributed by atoms with van der Waals surface area (Å²) < 4.78 is 33.0. The highest BCUT2D eigenvalue weighted by Crippen LogP contribution is 2.23. The molecule has 19 heavy (non-hydrogen) atoms. The molecule has 0 heterocycles. The summed E-state index contributed by atoms with van der Waals surface area (Å²) in [5, 5.41) is 1.21. The predicted octanol–water partition coefficient (Wildman–Crippen LogP) is 1.99. The Bertz CT molecular complexity index is 563. The molecule has 0 bridgehead atoms. The zero-order valence-corrected chi connectivity index (χ0v) is 14.7. The van der Waals surface area contributed by atoms with Gasteiger partial charge in [-0.3, -0.25) is 4.55 Å². The minimum Gasteiger partial charge on any atom is -0.282 e. The Morgan fingerprint density at radius 1 is 1.26 bits per heavy atom. The van der Waals surface area contributed by atoms with Crippen LogP contribution in [0.15, 0.2) is 11.0 Å². The Hall–Kier alpha value is -0.653. The third-order valence-corrected chi connectivity index (χ3v) is 6.64. The minimum absolute atomic E-state index is 0.172. The Morgan fingerprint density at radius 3 is 2.21 bits per heavy atom. The fraction of sp³-hybridized carbons (Fsp3) is 0.571. The van der Waals surface area contributed by atoms with E-state index in [0.29, 0.717) is 18.4 Å². The predicted molar refractivity (Wildman–Crippen MR) is 83.0 cm³/mol. The van der Waals surface area contributed by atoms with Gasteiger partial charge in [0.15, 0.2) is 0 Å². The lowest BCUT2D eigenvalue weighted by atomic mass is 10.0. The van der Waals surface area contributed by atoms with Gasteiger partial charge < -0.3 is 0 Å². The van der Waals surface area contributed by atoms with Crippen LogP contribution in [0, 0.1) is 6.92 Å². The van der Waals surface area contributed by atoms with Gasteiger partial charge in [-0.15, -0.1) is 0 Å². The van der Waals surface area contributed by atoms with E-state index in [1.807, 2.05) is 19.9 Å². The Labute approximate surface area is 119 Å². The zero-order valence-electron chi connectivity index (χ0n) is 12.4. The second-order valence-electron chi connectivity index (χ2n) is 5.42. The van der Waals surface area contributed by atoms with Gasteiger partial charge in [-0.05, 0) is 30.9 Å². The molecule has 0 aliphatic carbocycles. The van der Waals surface area contributed by atoms with Gasteiger partial charge in [0.25, 0.3) is 10.1 Å². The molecule has 0 spiro atoms. The fourth-order valence-electron chi connectivity index (χ4n) is 2.63. The van der Waals surface area contributed by atoms with Crippen molar-refractivity contribution < 1.29 is 13.0 Å². The molecule has 0 atom stereocenters. The first kappa shape index (κ1) is 16.4. The summed E-state index contributed by atoms with van der Waals surface area (Å²) in [5.74, 6) is 0. The maximum atomic E-state index is 11.7. The third-order valence-electron chi connectivity index (χ3n) is 3.40. The van der Waals surface area contributed by atoms with Crippen molar-refractivity contribution in [3.05, 3.63) is 22.8 Å². The fourth-order valence-corrected chi connectivity index (χ4v) is 5.79. The molecule has 1 aromatic carbocycles. The van der Waals surface area contributed by atoms with E-state index in [2.05, 4.69) is 20.8 Å². The van der Waals surface area contributed by atoms with E-state index in [-0.39, 0.29) is 4.90 Å². The molecule has 108 valence electrons. The summed E-state index contributed by atoms with van der Waals surface area (Å²) >= 11 is 0. The van der Waals surface area contributed by atoms with Crippen molar-refractivity contribution in [2.24, 2.45) is 0 Å². The minimum atomic E-state index is -4.14. The molecule has 1 N–H and O–H groups in total. The molecule has 0 saturated heterocycles. The van der Waals surface area contributed by atoms with Gasteiger partial charge in [0.2, 0.25) is 0 Å². The lowest BCUT2D eigenvalue weighted by Gasteiger charge is -2.19. The molecule has 0 aliphatic heterocycles. The van der Waals surface area contributed by atoms with E-state index in [9.17, 15) is 13.0 Å². The van der Waals surface area contributed by atoms with Crippen LogP contribution in [-0.4, -0.2) is 22.5 Å². The average Bonchev–Trinajstić information content (AvgIpc) is 2.28.